The van der Waals surface area contributed by atoms with Crippen molar-refractivity contribution in [2.45, 2.75) is 0 Å². The summed E-state index contributed by atoms with van der Waals surface area (Å²) in [6, 6.07) is 11.4. The van der Waals surface area contributed by atoms with E-state index in [-0.39, 0.29) is 22.3 Å². The van der Waals surface area contributed by atoms with Gasteiger partial charge in [0.15, 0.2) is 5.82 Å². The van der Waals surface area contributed by atoms with Crippen molar-refractivity contribution >= 4 is 23.3 Å². The minimum absolute atomic E-state index is 0.0257. The summed E-state index contributed by atoms with van der Waals surface area (Å²) >= 11 is 6.14. The molecule has 0 radical (unpaired) electrons. The van der Waals surface area contributed by atoms with E-state index < -0.39 is 17.5 Å². The molecular weight excluding hydrogens is 352 g/mol. The zero-order chi connectivity index (χ0) is 17.8. The fraction of sp³-hybridized carbons (Fsp3) is 0. The summed E-state index contributed by atoms with van der Waals surface area (Å²) in [5.41, 5.74) is -0.346. The van der Waals surface area contributed by atoms with Crippen molar-refractivity contribution in [1.29, 1.82) is 0 Å². The van der Waals surface area contributed by atoms with Crippen LogP contribution in [0.25, 0.3) is 0 Å². The van der Waals surface area contributed by atoms with Gasteiger partial charge in [-0.1, -0.05) is 29.8 Å². The second-order valence-corrected chi connectivity index (χ2v) is 5.21. The summed E-state index contributed by atoms with van der Waals surface area (Å²) in [7, 11) is 0. The molecule has 0 aliphatic heterocycles. The molecule has 2 aromatic carbocycles. The maximum Gasteiger partial charge on any atom is 0.259 e. The molecule has 0 aliphatic carbocycles. The summed E-state index contributed by atoms with van der Waals surface area (Å²) in [5.74, 6) is -2.15. The average molecular weight is 362 g/mol. The first kappa shape index (κ1) is 16.8. The molecule has 0 unspecified atom stereocenters. The summed E-state index contributed by atoms with van der Waals surface area (Å²) in [6.07, 6.45) is 1.14. The minimum Gasteiger partial charge on any atom is -0.437 e. The van der Waals surface area contributed by atoms with E-state index in [2.05, 4.69) is 15.3 Å². The van der Waals surface area contributed by atoms with Gasteiger partial charge in [-0.3, -0.25) is 4.79 Å². The maximum atomic E-state index is 13.7. The third-order valence-electron chi connectivity index (χ3n) is 3.12. The zero-order valence-electron chi connectivity index (χ0n) is 12.5. The fourth-order valence-electron chi connectivity index (χ4n) is 1.96. The summed E-state index contributed by atoms with van der Waals surface area (Å²) in [6.45, 7) is 0. The number of para-hydroxylation sites is 1. The van der Waals surface area contributed by atoms with Crippen molar-refractivity contribution in [2.75, 3.05) is 5.32 Å². The van der Waals surface area contributed by atoms with E-state index in [1.165, 1.54) is 0 Å². The van der Waals surface area contributed by atoms with Crippen molar-refractivity contribution in [2.24, 2.45) is 0 Å². The molecule has 8 heteroatoms. The van der Waals surface area contributed by atoms with Gasteiger partial charge in [0.05, 0.1) is 5.56 Å². The van der Waals surface area contributed by atoms with Gasteiger partial charge in [-0.05, 0) is 24.3 Å². The molecule has 0 fully saturated rings. The highest BCUT2D eigenvalue weighted by Gasteiger charge is 2.17. The number of benzene rings is 2. The molecule has 1 heterocycles. The van der Waals surface area contributed by atoms with Crippen LogP contribution in [0.3, 0.4) is 0 Å². The van der Waals surface area contributed by atoms with Crippen LogP contribution >= 0.6 is 11.6 Å². The molecule has 5 nitrogen and oxygen atoms in total. The molecule has 1 amide bonds. The molecule has 1 N–H and O–H groups in total. The quantitative estimate of drug-likeness (QED) is 0.745. The first-order chi connectivity index (χ1) is 12.0. The number of anilines is 1. The monoisotopic (exact) mass is 361 g/mol. The van der Waals surface area contributed by atoms with Crippen LogP contribution < -0.4 is 10.1 Å². The van der Waals surface area contributed by atoms with Crippen LogP contribution in [0, 0.1) is 11.6 Å². The highest BCUT2D eigenvalue weighted by Crippen LogP contribution is 2.31. The number of amides is 1. The number of aromatic nitrogens is 2. The van der Waals surface area contributed by atoms with E-state index in [0.29, 0.717) is 11.8 Å². The fourth-order valence-corrected chi connectivity index (χ4v) is 2.14. The predicted octanol–water partition coefficient (Wildman–Crippen LogP) is 4.45. The van der Waals surface area contributed by atoms with Crippen molar-refractivity contribution in [3.8, 4) is 11.6 Å². The average Bonchev–Trinajstić information content (AvgIpc) is 2.59. The predicted molar refractivity (Wildman–Crippen MR) is 87.9 cm³/mol. The maximum absolute atomic E-state index is 13.7. The number of ether oxygens (including phenoxy) is 1. The normalized spacial score (nSPS) is 10.4. The van der Waals surface area contributed by atoms with Crippen LogP contribution in [0.15, 0.2) is 54.9 Å². The Kier molecular flexibility index (Phi) is 4.85. The van der Waals surface area contributed by atoms with Crippen LogP contribution in [-0.2, 0) is 0 Å². The van der Waals surface area contributed by atoms with Gasteiger partial charge in [0.25, 0.3) is 5.91 Å². The second kappa shape index (κ2) is 7.23. The SMILES string of the molecule is O=C(Nc1ncnc(Oc2ccccc2)c1Cl)c1ccc(F)cc1F. The molecule has 0 saturated carbocycles. The summed E-state index contributed by atoms with van der Waals surface area (Å²) in [5, 5.41) is 2.30. The Morgan fingerprint density at radius 3 is 2.56 bits per heavy atom. The number of carbonyl (C=O) groups excluding carboxylic acids is 1. The van der Waals surface area contributed by atoms with Gasteiger partial charge in [0.2, 0.25) is 5.88 Å². The molecule has 0 bridgehead atoms. The molecule has 0 aliphatic rings. The van der Waals surface area contributed by atoms with Crippen LogP contribution in [0.5, 0.6) is 11.6 Å². The molecule has 3 aromatic rings. The number of halogens is 3. The Hall–Kier alpha value is -3.06. The topological polar surface area (TPSA) is 64.1 Å². The third kappa shape index (κ3) is 3.89. The zero-order valence-corrected chi connectivity index (χ0v) is 13.3. The van der Waals surface area contributed by atoms with Crippen molar-refractivity contribution in [3.05, 3.63) is 77.1 Å². The minimum atomic E-state index is -0.997. The number of carbonyl (C=O) groups is 1. The van der Waals surface area contributed by atoms with Gasteiger partial charge < -0.3 is 10.1 Å². The smallest absolute Gasteiger partial charge is 0.259 e. The van der Waals surface area contributed by atoms with Gasteiger partial charge in [-0.25, -0.2) is 13.8 Å². The molecule has 1 aromatic heterocycles. The van der Waals surface area contributed by atoms with Crippen LogP contribution in [-0.4, -0.2) is 15.9 Å². The highest BCUT2D eigenvalue weighted by molar-refractivity contribution is 6.34. The van der Waals surface area contributed by atoms with Gasteiger partial charge >= 0.3 is 0 Å². The molecule has 126 valence electrons. The number of hydrogen-bond donors (Lipinski definition) is 1. The Morgan fingerprint density at radius 1 is 1.08 bits per heavy atom. The van der Waals surface area contributed by atoms with Crippen molar-refractivity contribution < 1.29 is 18.3 Å². The molecule has 0 spiro atoms. The number of nitrogens with zero attached hydrogens (tertiary/aromatic N) is 2. The van der Waals surface area contributed by atoms with Gasteiger partial charge in [-0.15, -0.1) is 0 Å². The Morgan fingerprint density at radius 2 is 1.84 bits per heavy atom. The summed E-state index contributed by atoms with van der Waals surface area (Å²) in [4.78, 5) is 19.9. The number of hydrogen-bond acceptors (Lipinski definition) is 4. The van der Waals surface area contributed by atoms with E-state index >= 15 is 0 Å². The standard InChI is InChI=1S/C17H10ClF2N3O2/c18-14-15(23-16(24)12-7-6-10(19)8-13(12)20)21-9-22-17(14)25-11-4-2-1-3-5-11/h1-9H,(H,21,22,23,24). The Bertz CT molecular complexity index is 923. The molecule has 25 heavy (non-hydrogen) atoms. The Labute approximate surface area is 146 Å². The van der Waals surface area contributed by atoms with E-state index in [4.69, 9.17) is 16.3 Å². The molecular formula is C17H10ClF2N3O2. The lowest BCUT2D eigenvalue weighted by Crippen LogP contribution is -2.15. The lowest BCUT2D eigenvalue weighted by atomic mass is 10.2. The first-order valence-corrected chi connectivity index (χ1v) is 7.42. The van der Waals surface area contributed by atoms with E-state index in [1.807, 2.05) is 6.07 Å². The van der Waals surface area contributed by atoms with E-state index in [9.17, 15) is 13.6 Å². The van der Waals surface area contributed by atoms with Crippen LogP contribution in [0.4, 0.5) is 14.6 Å². The van der Waals surface area contributed by atoms with Crippen LogP contribution in [0.1, 0.15) is 10.4 Å². The van der Waals surface area contributed by atoms with Crippen molar-refractivity contribution in [3.63, 3.8) is 0 Å². The Balaban J connectivity index is 1.83. The largest absolute Gasteiger partial charge is 0.437 e. The van der Waals surface area contributed by atoms with E-state index in [0.717, 1.165) is 18.5 Å². The lowest BCUT2D eigenvalue weighted by molar-refractivity contribution is 0.102. The van der Waals surface area contributed by atoms with Crippen molar-refractivity contribution in [1.82, 2.24) is 9.97 Å². The highest BCUT2D eigenvalue weighted by atomic mass is 35.5. The number of nitrogens with one attached hydrogen (secondary N) is 1. The first-order valence-electron chi connectivity index (χ1n) is 7.04. The van der Waals surface area contributed by atoms with Crippen LogP contribution in [0.2, 0.25) is 5.02 Å². The molecule has 3 rings (SSSR count). The second-order valence-electron chi connectivity index (χ2n) is 4.83. The van der Waals surface area contributed by atoms with Gasteiger partial charge in [-0.2, -0.15) is 4.98 Å². The number of rotatable bonds is 4. The van der Waals surface area contributed by atoms with Gasteiger partial charge in [0.1, 0.15) is 28.7 Å². The van der Waals surface area contributed by atoms with Gasteiger partial charge in [0, 0.05) is 6.07 Å². The lowest BCUT2D eigenvalue weighted by Gasteiger charge is -2.10. The van der Waals surface area contributed by atoms with E-state index in [1.54, 1.807) is 24.3 Å². The molecule has 0 atom stereocenters. The molecule has 0 saturated heterocycles. The third-order valence-corrected chi connectivity index (χ3v) is 3.46. The summed E-state index contributed by atoms with van der Waals surface area (Å²) < 4.78 is 32.1.